The molecule has 0 spiro atoms. The van der Waals surface area contributed by atoms with Gasteiger partial charge in [0.2, 0.25) is 5.88 Å². The van der Waals surface area contributed by atoms with Gasteiger partial charge in [-0.15, -0.1) is 0 Å². The van der Waals surface area contributed by atoms with Crippen molar-refractivity contribution in [3.8, 4) is 11.3 Å². The first-order chi connectivity index (χ1) is 19.4. The van der Waals surface area contributed by atoms with Gasteiger partial charge in [0, 0.05) is 32.8 Å². The van der Waals surface area contributed by atoms with E-state index < -0.39 is 0 Å². The monoisotopic (exact) mass is 550 g/mol. The Balaban J connectivity index is 1.27. The molecule has 0 radical (unpaired) electrons. The summed E-state index contributed by atoms with van der Waals surface area (Å²) in [5.74, 6) is -0.157. The highest BCUT2D eigenvalue weighted by atomic mass is 35.5. The van der Waals surface area contributed by atoms with Crippen molar-refractivity contribution >= 4 is 45.9 Å². The third-order valence-corrected chi connectivity index (χ3v) is 7.56. The zero-order valence-corrected chi connectivity index (χ0v) is 22.9. The topological polar surface area (TPSA) is 97.1 Å². The molecule has 2 amide bonds. The second-order valence-electron chi connectivity index (χ2n) is 10.1. The lowest BCUT2D eigenvalue weighted by Crippen LogP contribution is -2.15. The Morgan fingerprint density at radius 3 is 2.48 bits per heavy atom. The van der Waals surface area contributed by atoms with Gasteiger partial charge in [-0.2, -0.15) is 0 Å². The van der Waals surface area contributed by atoms with Crippen molar-refractivity contribution in [3.05, 3.63) is 105 Å². The summed E-state index contributed by atoms with van der Waals surface area (Å²) < 4.78 is 5.38. The molecule has 2 heterocycles. The molecular weight excluding hydrogens is 524 g/mol. The fraction of sp³-hybridized carbons (Fsp3) is 0.188. The molecule has 0 saturated carbocycles. The molecule has 0 aliphatic heterocycles. The molecule has 0 fully saturated rings. The van der Waals surface area contributed by atoms with Crippen molar-refractivity contribution in [3.63, 3.8) is 0 Å². The van der Waals surface area contributed by atoms with Crippen LogP contribution in [-0.2, 0) is 12.8 Å². The maximum atomic E-state index is 13.6. The summed E-state index contributed by atoms with van der Waals surface area (Å²) in [6.07, 6.45) is 3.85. The number of hydrogen-bond donors (Lipinski definition) is 2. The predicted octanol–water partition coefficient (Wildman–Crippen LogP) is 7.54. The molecule has 0 atom stereocenters. The molecule has 7 nitrogen and oxygen atoms in total. The third kappa shape index (κ3) is 4.96. The smallest absolute Gasteiger partial charge is 0.258 e. The number of halogens is 1. The van der Waals surface area contributed by atoms with Crippen LogP contribution in [0.4, 0.5) is 11.6 Å². The van der Waals surface area contributed by atoms with Crippen LogP contribution in [0.3, 0.4) is 0 Å². The Bertz CT molecular complexity index is 1780. The molecule has 6 rings (SSSR count). The summed E-state index contributed by atoms with van der Waals surface area (Å²) >= 11 is 6.47. The van der Waals surface area contributed by atoms with Crippen LogP contribution < -0.4 is 10.6 Å². The first-order valence-electron chi connectivity index (χ1n) is 13.2. The number of nitrogens with zero attached hydrogens (tertiary/aromatic N) is 2. The van der Waals surface area contributed by atoms with Crippen molar-refractivity contribution in [1.29, 1.82) is 0 Å². The van der Waals surface area contributed by atoms with Crippen LogP contribution >= 0.6 is 11.6 Å². The van der Waals surface area contributed by atoms with Gasteiger partial charge in [-0.3, -0.25) is 14.9 Å². The third-order valence-electron chi connectivity index (χ3n) is 7.23. The molecule has 8 heteroatoms. The van der Waals surface area contributed by atoms with Crippen molar-refractivity contribution in [1.82, 2.24) is 10.1 Å². The largest absolute Gasteiger partial charge is 0.338 e. The summed E-state index contributed by atoms with van der Waals surface area (Å²) in [6, 6.07) is 20.0. The van der Waals surface area contributed by atoms with Gasteiger partial charge in [-0.05, 0) is 87.6 Å². The molecule has 2 N–H and O–H groups in total. The van der Waals surface area contributed by atoms with Gasteiger partial charge < -0.3 is 9.84 Å². The highest BCUT2D eigenvalue weighted by molar-refractivity contribution is 6.33. The second-order valence-corrected chi connectivity index (χ2v) is 10.5. The zero-order chi connectivity index (χ0) is 27.8. The number of carbonyl (C=O) groups is 2. The Labute approximate surface area is 236 Å². The average molecular weight is 551 g/mol. The van der Waals surface area contributed by atoms with E-state index in [1.807, 2.05) is 44.2 Å². The molecule has 0 unspecified atom stereocenters. The first kappa shape index (κ1) is 25.8. The Morgan fingerprint density at radius 1 is 0.900 bits per heavy atom. The lowest BCUT2D eigenvalue weighted by Gasteiger charge is -2.14. The number of anilines is 2. The standard InChI is InChI=1S/C32H27ClN4O3/c1-18-15-19(2)29-24(16-18)25(17-28(35-29)22-7-3-5-9-26(22)33)31(39)34-21-13-11-20(12-14-21)30(38)36-32-23-8-4-6-10-27(23)37-40-32/h3,5,7,9,11-17H,4,6,8,10H2,1-2H3,(H,34,39)(H,36,38). The van der Waals surface area contributed by atoms with Gasteiger partial charge in [0.25, 0.3) is 11.8 Å². The van der Waals surface area contributed by atoms with Gasteiger partial charge >= 0.3 is 0 Å². The van der Waals surface area contributed by atoms with E-state index >= 15 is 0 Å². The molecule has 2 aromatic heterocycles. The Morgan fingerprint density at radius 2 is 1.68 bits per heavy atom. The van der Waals surface area contributed by atoms with Crippen LogP contribution in [0.2, 0.25) is 5.02 Å². The second kappa shape index (κ2) is 10.6. The number of aromatic nitrogens is 2. The number of pyridine rings is 1. The van der Waals surface area contributed by atoms with Gasteiger partial charge in [0.1, 0.15) is 0 Å². The molecule has 1 aliphatic rings. The van der Waals surface area contributed by atoms with Crippen LogP contribution in [0.15, 0.2) is 71.3 Å². The van der Waals surface area contributed by atoms with Crippen LogP contribution in [-0.4, -0.2) is 22.0 Å². The number of aryl methyl sites for hydroxylation is 3. The molecular formula is C32H27ClN4O3. The number of amides is 2. The summed E-state index contributed by atoms with van der Waals surface area (Å²) in [4.78, 5) is 31.3. The predicted molar refractivity (Wildman–Crippen MR) is 157 cm³/mol. The lowest BCUT2D eigenvalue weighted by molar-refractivity contribution is 0.101. The highest BCUT2D eigenvalue weighted by Gasteiger charge is 2.22. The summed E-state index contributed by atoms with van der Waals surface area (Å²) in [5, 5.41) is 11.2. The number of fused-ring (bicyclic) bond motifs is 2. The molecule has 40 heavy (non-hydrogen) atoms. The SMILES string of the molecule is Cc1cc(C)c2nc(-c3ccccc3Cl)cc(C(=O)Nc3ccc(C(=O)Nc4onc5c4CCCC5)cc3)c2c1. The maximum absolute atomic E-state index is 13.6. The van der Waals surface area contributed by atoms with Crippen LogP contribution in [0.5, 0.6) is 0 Å². The average Bonchev–Trinajstić information content (AvgIpc) is 3.36. The van der Waals surface area contributed by atoms with Gasteiger partial charge in [0.05, 0.1) is 22.5 Å². The van der Waals surface area contributed by atoms with Gasteiger partial charge in [0.15, 0.2) is 0 Å². The fourth-order valence-corrected chi connectivity index (χ4v) is 5.48. The molecule has 0 bridgehead atoms. The van der Waals surface area contributed by atoms with Crippen LogP contribution in [0, 0.1) is 13.8 Å². The van der Waals surface area contributed by atoms with E-state index in [1.165, 1.54) is 0 Å². The number of rotatable bonds is 5. The molecule has 1 aliphatic carbocycles. The van der Waals surface area contributed by atoms with E-state index in [-0.39, 0.29) is 11.8 Å². The zero-order valence-electron chi connectivity index (χ0n) is 22.2. The van der Waals surface area contributed by atoms with Crippen molar-refractivity contribution in [2.75, 3.05) is 10.6 Å². The number of carbonyl (C=O) groups excluding carboxylic acids is 2. The first-order valence-corrected chi connectivity index (χ1v) is 13.6. The normalized spacial score (nSPS) is 12.7. The minimum Gasteiger partial charge on any atom is -0.338 e. The number of nitrogens with one attached hydrogen (secondary N) is 2. The minimum absolute atomic E-state index is 0.281. The van der Waals surface area contributed by atoms with E-state index in [1.54, 1.807) is 36.4 Å². The Hall–Kier alpha value is -4.49. The summed E-state index contributed by atoms with van der Waals surface area (Å²) in [5.41, 5.74) is 7.53. The van der Waals surface area contributed by atoms with Crippen molar-refractivity contribution in [2.24, 2.45) is 0 Å². The number of hydrogen-bond acceptors (Lipinski definition) is 5. The van der Waals surface area contributed by atoms with E-state index in [9.17, 15) is 9.59 Å². The Kier molecular flexibility index (Phi) is 6.82. The minimum atomic E-state index is -0.294. The highest BCUT2D eigenvalue weighted by Crippen LogP contribution is 2.32. The van der Waals surface area contributed by atoms with Gasteiger partial charge in [-0.25, -0.2) is 4.98 Å². The lowest BCUT2D eigenvalue weighted by atomic mass is 9.97. The maximum Gasteiger partial charge on any atom is 0.258 e. The number of benzene rings is 3. The van der Waals surface area contributed by atoms with E-state index in [4.69, 9.17) is 21.1 Å². The summed E-state index contributed by atoms with van der Waals surface area (Å²) in [6.45, 7) is 3.98. The van der Waals surface area contributed by atoms with Crippen molar-refractivity contribution in [2.45, 2.75) is 39.5 Å². The molecule has 5 aromatic rings. The van der Waals surface area contributed by atoms with Crippen molar-refractivity contribution < 1.29 is 14.1 Å². The van der Waals surface area contributed by atoms with Crippen LogP contribution in [0.25, 0.3) is 22.2 Å². The van der Waals surface area contributed by atoms with E-state index in [0.29, 0.717) is 33.4 Å². The van der Waals surface area contributed by atoms with Crippen LogP contribution in [0.1, 0.15) is 55.9 Å². The summed E-state index contributed by atoms with van der Waals surface area (Å²) in [7, 11) is 0. The fourth-order valence-electron chi connectivity index (χ4n) is 5.24. The quantitative estimate of drug-likeness (QED) is 0.235. The molecule has 0 saturated heterocycles. The van der Waals surface area contributed by atoms with E-state index in [2.05, 4.69) is 15.8 Å². The van der Waals surface area contributed by atoms with E-state index in [0.717, 1.165) is 64.5 Å². The molecule has 200 valence electrons. The van der Waals surface area contributed by atoms with Gasteiger partial charge in [-0.1, -0.05) is 46.6 Å². The molecule has 3 aromatic carbocycles.